The predicted molar refractivity (Wildman–Crippen MR) is 77.7 cm³/mol. The van der Waals surface area contributed by atoms with Crippen LogP contribution in [0.25, 0.3) is 10.9 Å². The van der Waals surface area contributed by atoms with Gasteiger partial charge >= 0.3 is 0 Å². The first-order valence-corrected chi connectivity index (χ1v) is 6.71. The minimum absolute atomic E-state index is 0.535. The van der Waals surface area contributed by atoms with Gasteiger partial charge in [-0.3, -0.25) is 10.3 Å². The van der Waals surface area contributed by atoms with Gasteiger partial charge in [-0.1, -0.05) is 23.9 Å². The van der Waals surface area contributed by atoms with Gasteiger partial charge < -0.3 is 4.74 Å². The molecule has 0 fully saturated rings. The summed E-state index contributed by atoms with van der Waals surface area (Å²) in [6, 6.07) is 7.60. The largest absolute Gasteiger partial charge is 0.495 e. The predicted octanol–water partition coefficient (Wildman–Crippen LogP) is 2.66. The highest BCUT2D eigenvalue weighted by atomic mass is 32.2. The number of hydrogen-bond acceptors (Lipinski definition) is 5. The highest BCUT2D eigenvalue weighted by Gasteiger charge is 2.04. The van der Waals surface area contributed by atoms with E-state index in [1.165, 1.54) is 11.8 Å². The molecule has 0 aliphatic carbocycles. The monoisotopic (exact) mass is 272 g/mol. The number of fused-ring (bicyclic) bond motifs is 1. The second-order valence-corrected chi connectivity index (χ2v) is 4.38. The topological polar surface area (TPSA) is 70.3 Å². The van der Waals surface area contributed by atoms with Crippen molar-refractivity contribution in [2.45, 2.75) is 0 Å². The van der Waals surface area contributed by atoms with E-state index in [1.54, 1.807) is 13.3 Å². The Morgan fingerprint density at radius 1 is 1.53 bits per heavy atom. The van der Waals surface area contributed by atoms with Crippen molar-refractivity contribution in [1.82, 2.24) is 10.3 Å². The van der Waals surface area contributed by atoms with E-state index in [9.17, 15) is 0 Å². The molecule has 6 heteroatoms. The van der Waals surface area contributed by atoms with Crippen molar-refractivity contribution in [2.24, 2.45) is 4.99 Å². The number of nitrogens with one attached hydrogen (secondary N) is 1. The number of hydrogen-bond donors (Lipinski definition) is 1. The summed E-state index contributed by atoms with van der Waals surface area (Å²) in [5.74, 6) is 0.703. The molecule has 0 saturated heterocycles. The van der Waals surface area contributed by atoms with Crippen molar-refractivity contribution < 1.29 is 4.74 Å². The Morgan fingerprint density at radius 2 is 2.37 bits per heavy atom. The third-order valence-corrected chi connectivity index (χ3v) is 3.06. The van der Waals surface area contributed by atoms with Crippen molar-refractivity contribution >= 4 is 33.5 Å². The number of aliphatic imine (C=N–C) groups is 1. The molecule has 96 valence electrons. The van der Waals surface area contributed by atoms with Crippen LogP contribution in [0.5, 0.6) is 5.75 Å². The number of ether oxygens (including phenoxy) is 1. The number of rotatable bonds is 2. The second-order valence-electron chi connectivity index (χ2n) is 3.58. The van der Waals surface area contributed by atoms with Crippen LogP contribution >= 0.6 is 11.8 Å². The molecule has 1 heterocycles. The molecule has 1 aromatic carbocycles. The number of amidine groups is 1. The molecule has 5 nitrogen and oxygen atoms in total. The maximum atomic E-state index is 8.64. The maximum Gasteiger partial charge on any atom is 0.183 e. The molecule has 2 rings (SSSR count). The summed E-state index contributed by atoms with van der Waals surface area (Å²) in [4.78, 5) is 8.74. The van der Waals surface area contributed by atoms with Crippen LogP contribution in [0.3, 0.4) is 0 Å². The highest BCUT2D eigenvalue weighted by Crippen LogP contribution is 2.27. The van der Waals surface area contributed by atoms with E-state index in [0.29, 0.717) is 16.6 Å². The molecule has 0 amide bonds. The van der Waals surface area contributed by atoms with Gasteiger partial charge in [0.05, 0.1) is 24.5 Å². The van der Waals surface area contributed by atoms with Crippen LogP contribution in [-0.4, -0.2) is 23.5 Å². The summed E-state index contributed by atoms with van der Waals surface area (Å²) in [5.41, 5.74) is 1.49. The lowest BCUT2D eigenvalue weighted by molar-refractivity contribution is 0.414. The van der Waals surface area contributed by atoms with Crippen molar-refractivity contribution in [3.8, 4) is 11.9 Å². The van der Waals surface area contributed by atoms with Crippen molar-refractivity contribution in [1.29, 1.82) is 5.26 Å². The van der Waals surface area contributed by atoms with E-state index in [2.05, 4.69) is 15.3 Å². The smallest absolute Gasteiger partial charge is 0.183 e. The van der Waals surface area contributed by atoms with Gasteiger partial charge in [-0.25, -0.2) is 4.99 Å². The highest BCUT2D eigenvalue weighted by molar-refractivity contribution is 8.13. The molecule has 1 N–H and O–H groups in total. The van der Waals surface area contributed by atoms with Crippen molar-refractivity contribution in [3.63, 3.8) is 0 Å². The molecule has 2 aromatic rings. The van der Waals surface area contributed by atoms with E-state index >= 15 is 0 Å². The van der Waals surface area contributed by atoms with Crippen LogP contribution < -0.4 is 10.1 Å². The quantitative estimate of drug-likeness (QED) is 0.394. The Hall–Kier alpha value is -2.26. The number of pyridine rings is 1. The van der Waals surface area contributed by atoms with Crippen LogP contribution in [0, 0.1) is 11.5 Å². The number of para-hydroxylation sites is 1. The fourth-order valence-corrected chi connectivity index (χ4v) is 1.95. The van der Waals surface area contributed by atoms with Crippen LogP contribution in [0.2, 0.25) is 0 Å². The average Bonchev–Trinajstić information content (AvgIpc) is 2.46. The van der Waals surface area contributed by atoms with Gasteiger partial charge in [0, 0.05) is 5.39 Å². The summed E-state index contributed by atoms with van der Waals surface area (Å²) in [5, 5.41) is 12.7. The van der Waals surface area contributed by atoms with Gasteiger partial charge in [0.25, 0.3) is 0 Å². The van der Waals surface area contributed by atoms with E-state index in [1.807, 2.05) is 36.7 Å². The third-order valence-electron chi connectivity index (χ3n) is 2.48. The zero-order valence-corrected chi connectivity index (χ0v) is 11.4. The van der Waals surface area contributed by atoms with Gasteiger partial charge in [-0.15, -0.1) is 0 Å². The molecular formula is C13H12N4OS. The average molecular weight is 272 g/mol. The zero-order valence-electron chi connectivity index (χ0n) is 10.5. The Labute approximate surface area is 115 Å². The molecule has 0 atom stereocenters. The molecule has 0 bridgehead atoms. The van der Waals surface area contributed by atoms with E-state index < -0.39 is 0 Å². The normalized spacial score (nSPS) is 11.1. The first-order valence-electron chi connectivity index (χ1n) is 5.49. The summed E-state index contributed by atoms with van der Waals surface area (Å²) < 4.78 is 5.15. The summed E-state index contributed by atoms with van der Waals surface area (Å²) in [6.07, 6.45) is 5.37. The van der Waals surface area contributed by atoms with Gasteiger partial charge in [-0.05, 0) is 18.4 Å². The number of aromatic nitrogens is 1. The van der Waals surface area contributed by atoms with E-state index in [-0.39, 0.29) is 0 Å². The number of methoxy groups -OCH3 is 1. The first-order chi connectivity index (χ1) is 9.28. The third kappa shape index (κ3) is 2.95. The molecule has 1 aromatic heterocycles. The minimum atomic E-state index is 0.535. The molecule has 0 spiro atoms. The van der Waals surface area contributed by atoms with Crippen LogP contribution in [0.15, 0.2) is 35.5 Å². The number of nitrogens with zero attached hydrogens (tertiary/aromatic N) is 3. The van der Waals surface area contributed by atoms with Gasteiger partial charge in [-0.2, -0.15) is 5.26 Å². The number of thioether (sulfide) groups is 1. The van der Waals surface area contributed by atoms with Gasteiger partial charge in [0.15, 0.2) is 11.4 Å². The molecule has 0 radical (unpaired) electrons. The fraction of sp³-hybridized carbons (Fsp3) is 0.154. The molecule has 0 aliphatic heterocycles. The Bertz CT molecular complexity index is 663. The maximum absolute atomic E-state index is 8.64. The lowest BCUT2D eigenvalue weighted by Gasteiger charge is -2.05. The lowest BCUT2D eigenvalue weighted by atomic mass is 10.2. The SMILES string of the molecule is COc1cnc2c(N=C(NC#N)SC)cccc2c1. The van der Waals surface area contributed by atoms with Crippen LogP contribution in [-0.2, 0) is 0 Å². The Balaban J connectivity index is 2.52. The molecule has 0 aliphatic rings. The fourth-order valence-electron chi connectivity index (χ4n) is 1.61. The summed E-state index contributed by atoms with van der Waals surface area (Å²) in [7, 11) is 1.60. The van der Waals surface area contributed by atoms with Crippen LogP contribution in [0.1, 0.15) is 0 Å². The minimum Gasteiger partial charge on any atom is -0.495 e. The molecular weight excluding hydrogens is 260 g/mol. The number of benzene rings is 1. The Kier molecular flexibility index (Phi) is 4.21. The second kappa shape index (κ2) is 6.07. The molecule has 0 unspecified atom stereocenters. The van der Waals surface area contributed by atoms with E-state index in [4.69, 9.17) is 10.00 Å². The molecule has 19 heavy (non-hydrogen) atoms. The Morgan fingerprint density at radius 3 is 3.05 bits per heavy atom. The summed E-state index contributed by atoms with van der Waals surface area (Å²) in [6.45, 7) is 0. The van der Waals surface area contributed by atoms with Gasteiger partial charge in [0.2, 0.25) is 0 Å². The van der Waals surface area contributed by atoms with E-state index in [0.717, 1.165) is 10.9 Å². The standard InChI is InChI=1S/C13H12N4OS/c1-18-10-6-9-4-3-5-11(12(9)15-7-10)17-13(19-2)16-8-14/h3-7H,1-2H3,(H,16,17). The lowest BCUT2D eigenvalue weighted by Crippen LogP contribution is -2.12. The first kappa shape index (κ1) is 13.2. The zero-order chi connectivity index (χ0) is 13.7. The van der Waals surface area contributed by atoms with Crippen molar-refractivity contribution in [3.05, 3.63) is 30.5 Å². The number of nitriles is 1. The molecule has 0 saturated carbocycles. The van der Waals surface area contributed by atoms with Crippen LogP contribution in [0.4, 0.5) is 5.69 Å². The van der Waals surface area contributed by atoms with Crippen molar-refractivity contribution in [2.75, 3.05) is 13.4 Å². The van der Waals surface area contributed by atoms with Gasteiger partial charge in [0.1, 0.15) is 5.75 Å². The summed E-state index contributed by atoms with van der Waals surface area (Å²) >= 11 is 1.37.